The second kappa shape index (κ2) is 6.86. The summed E-state index contributed by atoms with van der Waals surface area (Å²) in [5.74, 6) is 0.686. The van der Waals surface area contributed by atoms with Crippen molar-refractivity contribution in [2.24, 2.45) is 11.8 Å². The normalized spacial score (nSPS) is 30.1. The Labute approximate surface area is 97.0 Å². The van der Waals surface area contributed by atoms with Crippen LogP contribution in [0.5, 0.6) is 0 Å². The summed E-state index contributed by atoms with van der Waals surface area (Å²) in [6.07, 6.45) is 4.02. The molecule has 0 bridgehead atoms. The largest absolute Gasteiger partial charge is 0.395 e. The van der Waals surface area contributed by atoms with Crippen molar-refractivity contribution >= 4 is 5.91 Å². The van der Waals surface area contributed by atoms with Gasteiger partial charge >= 0.3 is 0 Å². The third-order valence-corrected chi connectivity index (χ3v) is 3.51. The van der Waals surface area contributed by atoms with E-state index in [1.807, 2.05) is 0 Å². The van der Waals surface area contributed by atoms with Gasteiger partial charge in [-0.3, -0.25) is 4.79 Å². The van der Waals surface area contributed by atoms with Crippen molar-refractivity contribution in [1.82, 2.24) is 5.32 Å². The molecule has 1 amide bonds. The fourth-order valence-electron chi connectivity index (χ4n) is 2.44. The second-order valence-electron chi connectivity index (χ2n) is 4.69. The Balaban J connectivity index is 2.35. The van der Waals surface area contributed by atoms with Crippen LogP contribution in [0.1, 0.15) is 39.0 Å². The lowest BCUT2D eigenvalue weighted by atomic mass is 9.77. The number of aliphatic hydroxyl groups excluding tert-OH is 2. The molecule has 0 saturated heterocycles. The quantitative estimate of drug-likeness (QED) is 0.649. The number of nitrogens with one attached hydrogen (secondary N) is 1. The zero-order valence-electron chi connectivity index (χ0n) is 9.98. The molecule has 1 saturated carbocycles. The van der Waals surface area contributed by atoms with Gasteiger partial charge in [-0.05, 0) is 31.1 Å². The fraction of sp³-hybridized carbons (Fsp3) is 0.917. The Morgan fingerprint density at radius 2 is 2.19 bits per heavy atom. The lowest BCUT2D eigenvalue weighted by molar-refractivity contribution is -0.123. The van der Waals surface area contributed by atoms with Crippen LogP contribution in [-0.2, 0) is 4.79 Å². The predicted molar refractivity (Wildman–Crippen MR) is 61.8 cm³/mol. The molecule has 0 heterocycles. The van der Waals surface area contributed by atoms with Gasteiger partial charge in [0, 0.05) is 13.0 Å². The Kier molecular flexibility index (Phi) is 5.77. The first-order valence-corrected chi connectivity index (χ1v) is 6.23. The molecule has 4 nitrogen and oxygen atoms in total. The average molecular weight is 229 g/mol. The van der Waals surface area contributed by atoms with Crippen molar-refractivity contribution in [1.29, 1.82) is 0 Å². The molecule has 16 heavy (non-hydrogen) atoms. The minimum absolute atomic E-state index is 0.0312. The van der Waals surface area contributed by atoms with Gasteiger partial charge in [0.15, 0.2) is 0 Å². The molecule has 1 fully saturated rings. The van der Waals surface area contributed by atoms with E-state index >= 15 is 0 Å². The fourth-order valence-corrected chi connectivity index (χ4v) is 2.44. The number of aliphatic hydroxyl groups is 2. The standard InChI is InChI=1S/C12H23NO3/c1-2-9-3-4-11(15)10(7-9)8-12(16)13-5-6-14/h9-11,14-15H,2-8H2,1H3,(H,13,16). The molecule has 3 atom stereocenters. The molecule has 0 radical (unpaired) electrons. The Hall–Kier alpha value is -0.610. The number of amides is 1. The minimum Gasteiger partial charge on any atom is -0.395 e. The highest BCUT2D eigenvalue weighted by Crippen LogP contribution is 2.33. The van der Waals surface area contributed by atoms with Gasteiger partial charge in [-0.15, -0.1) is 0 Å². The summed E-state index contributed by atoms with van der Waals surface area (Å²) in [5.41, 5.74) is 0. The van der Waals surface area contributed by atoms with Crippen LogP contribution in [0, 0.1) is 11.8 Å². The number of carbonyl (C=O) groups is 1. The molecule has 4 heteroatoms. The Morgan fingerprint density at radius 1 is 1.44 bits per heavy atom. The van der Waals surface area contributed by atoms with Crippen molar-refractivity contribution in [2.75, 3.05) is 13.2 Å². The van der Waals surface area contributed by atoms with E-state index < -0.39 is 0 Å². The summed E-state index contributed by atoms with van der Waals surface area (Å²) in [4.78, 5) is 11.5. The monoisotopic (exact) mass is 229 g/mol. The van der Waals surface area contributed by atoms with E-state index in [9.17, 15) is 9.90 Å². The molecule has 1 aliphatic rings. The summed E-state index contributed by atoms with van der Waals surface area (Å²) < 4.78 is 0. The van der Waals surface area contributed by atoms with Crippen LogP contribution in [0.3, 0.4) is 0 Å². The van der Waals surface area contributed by atoms with Gasteiger partial charge in [0.25, 0.3) is 0 Å². The SMILES string of the molecule is CCC1CCC(O)C(CC(=O)NCCO)C1. The van der Waals surface area contributed by atoms with Crippen molar-refractivity contribution in [3.8, 4) is 0 Å². The molecule has 94 valence electrons. The van der Waals surface area contributed by atoms with Crippen molar-refractivity contribution in [2.45, 2.75) is 45.1 Å². The lowest BCUT2D eigenvalue weighted by Crippen LogP contribution is -2.35. The third-order valence-electron chi connectivity index (χ3n) is 3.51. The number of hydrogen-bond donors (Lipinski definition) is 3. The number of hydrogen-bond acceptors (Lipinski definition) is 3. The molecule has 3 unspecified atom stereocenters. The molecular weight excluding hydrogens is 206 g/mol. The van der Waals surface area contributed by atoms with Crippen LogP contribution in [0.15, 0.2) is 0 Å². The molecule has 1 aliphatic carbocycles. The zero-order chi connectivity index (χ0) is 12.0. The van der Waals surface area contributed by atoms with E-state index in [1.165, 1.54) is 0 Å². The van der Waals surface area contributed by atoms with Gasteiger partial charge in [0.1, 0.15) is 0 Å². The van der Waals surface area contributed by atoms with E-state index in [2.05, 4.69) is 12.2 Å². The average Bonchev–Trinajstić information content (AvgIpc) is 2.29. The van der Waals surface area contributed by atoms with Crippen LogP contribution in [0.25, 0.3) is 0 Å². The van der Waals surface area contributed by atoms with Crippen molar-refractivity contribution in [3.05, 3.63) is 0 Å². The lowest BCUT2D eigenvalue weighted by Gasteiger charge is -2.32. The second-order valence-corrected chi connectivity index (χ2v) is 4.69. The molecular formula is C12H23NO3. The van der Waals surface area contributed by atoms with Crippen molar-refractivity contribution in [3.63, 3.8) is 0 Å². The molecule has 0 aromatic carbocycles. The third kappa shape index (κ3) is 4.10. The molecule has 3 N–H and O–H groups in total. The van der Waals surface area contributed by atoms with E-state index in [0.717, 1.165) is 25.7 Å². The van der Waals surface area contributed by atoms with Gasteiger partial charge in [-0.2, -0.15) is 0 Å². The minimum atomic E-state index is -0.331. The summed E-state index contributed by atoms with van der Waals surface area (Å²) in [6, 6.07) is 0. The van der Waals surface area contributed by atoms with E-state index in [4.69, 9.17) is 5.11 Å². The van der Waals surface area contributed by atoms with Crippen LogP contribution in [-0.4, -0.2) is 35.4 Å². The highest BCUT2D eigenvalue weighted by atomic mass is 16.3. The van der Waals surface area contributed by atoms with Crippen molar-refractivity contribution < 1.29 is 15.0 Å². The number of rotatable bonds is 5. The van der Waals surface area contributed by atoms with Gasteiger partial charge in [-0.25, -0.2) is 0 Å². The number of carbonyl (C=O) groups excluding carboxylic acids is 1. The topological polar surface area (TPSA) is 69.6 Å². The highest BCUT2D eigenvalue weighted by molar-refractivity contribution is 5.76. The maximum absolute atomic E-state index is 11.5. The zero-order valence-corrected chi connectivity index (χ0v) is 9.98. The molecule has 0 spiro atoms. The van der Waals surface area contributed by atoms with Crippen LogP contribution in [0.2, 0.25) is 0 Å². The first-order valence-electron chi connectivity index (χ1n) is 6.23. The molecule has 1 rings (SSSR count). The maximum atomic E-state index is 11.5. The maximum Gasteiger partial charge on any atom is 0.220 e. The van der Waals surface area contributed by atoms with E-state index in [0.29, 0.717) is 18.9 Å². The van der Waals surface area contributed by atoms with Crippen LogP contribution < -0.4 is 5.32 Å². The summed E-state index contributed by atoms with van der Waals surface area (Å²) in [5, 5.41) is 21.0. The summed E-state index contributed by atoms with van der Waals surface area (Å²) >= 11 is 0. The first kappa shape index (κ1) is 13.5. The van der Waals surface area contributed by atoms with Gasteiger partial charge in [-0.1, -0.05) is 13.3 Å². The summed E-state index contributed by atoms with van der Waals surface area (Å²) in [6.45, 7) is 2.43. The molecule has 0 aromatic heterocycles. The van der Waals surface area contributed by atoms with Crippen LogP contribution in [0.4, 0.5) is 0 Å². The highest BCUT2D eigenvalue weighted by Gasteiger charge is 2.29. The molecule has 0 aliphatic heterocycles. The van der Waals surface area contributed by atoms with Gasteiger partial charge in [0.05, 0.1) is 12.7 Å². The van der Waals surface area contributed by atoms with Gasteiger partial charge in [0.2, 0.25) is 5.91 Å². The first-order chi connectivity index (χ1) is 7.67. The predicted octanol–water partition coefficient (Wildman–Crippen LogP) is 0.672. The smallest absolute Gasteiger partial charge is 0.220 e. The van der Waals surface area contributed by atoms with Gasteiger partial charge < -0.3 is 15.5 Å². The van der Waals surface area contributed by atoms with Crippen LogP contribution >= 0.6 is 0 Å². The Morgan fingerprint density at radius 3 is 2.81 bits per heavy atom. The molecule has 0 aromatic rings. The van der Waals surface area contributed by atoms with E-state index in [1.54, 1.807) is 0 Å². The van der Waals surface area contributed by atoms with E-state index in [-0.39, 0.29) is 24.5 Å². The summed E-state index contributed by atoms with van der Waals surface area (Å²) in [7, 11) is 0. The Bertz CT molecular complexity index is 220.